The molecule has 0 heterocycles. The van der Waals surface area contributed by atoms with Crippen molar-refractivity contribution in [3.63, 3.8) is 0 Å². The van der Waals surface area contributed by atoms with Gasteiger partial charge in [-0.3, -0.25) is 9.59 Å². The maximum atomic E-state index is 13.3. The van der Waals surface area contributed by atoms with Crippen LogP contribution in [-0.4, -0.2) is 24.7 Å². The largest absolute Gasteiger partial charge is 0.384 e. The summed E-state index contributed by atoms with van der Waals surface area (Å²) in [6, 6.07) is 11.0. The SMILES string of the molecule is CCC(C)CNc1ccc(NCC(C)CC)c2c1C(=O)c1ccccc1C2=O. The van der Waals surface area contributed by atoms with Gasteiger partial charge in [-0.15, -0.1) is 0 Å². The first-order chi connectivity index (χ1) is 13.5. The molecule has 2 aromatic carbocycles. The first-order valence-corrected chi connectivity index (χ1v) is 10.3. The van der Waals surface area contributed by atoms with E-state index in [2.05, 4.69) is 38.3 Å². The van der Waals surface area contributed by atoms with Crippen molar-refractivity contribution in [2.45, 2.75) is 40.5 Å². The minimum atomic E-state index is -0.0796. The highest BCUT2D eigenvalue weighted by Gasteiger charge is 2.33. The highest BCUT2D eigenvalue weighted by molar-refractivity contribution is 6.31. The van der Waals surface area contributed by atoms with Crippen LogP contribution in [0.15, 0.2) is 36.4 Å². The molecule has 0 bridgehead atoms. The van der Waals surface area contributed by atoms with E-state index in [1.165, 1.54) is 0 Å². The molecule has 0 saturated heterocycles. The fourth-order valence-electron chi connectivity index (χ4n) is 3.37. The second kappa shape index (κ2) is 8.59. The van der Waals surface area contributed by atoms with Gasteiger partial charge >= 0.3 is 0 Å². The second-order valence-electron chi connectivity index (χ2n) is 7.90. The van der Waals surface area contributed by atoms with Crippen LogP contribution < -0.4 is 10.6 Å². The molecular weight excluding hydrogens is 348 g/mol. The lowest BCUT2D eigenvalue weighted by Crippen LogP contribution is -2.25. The second-order valence-corrected chi connectivity index (χ2v) is 7.90. The average molecular weight is 379 g/mol. The van der Waals surface area contributed by atoms with Crippen molar-refractivity contribution in [1.82, 2.24) is 0 Å². The lowest BCUT2D eigenvalue weighted by Gasteiger charge is -2.25. The summed E-state index contributed by atoms with van der Waals surface area (Å²) in [4.78, 5) is 26.6. The summed E-state index contributed by atoms with van der Waals surface area (Å²) in [7, 11) is 0. The van der Waals surface area contributed by atoms with Crippen molar-refractivity contribution in [2.24, 2.45) is 11.8 Å². The van der Waals surface area contributed by atoms with Crippen LogP contribution in [0.5, 0.6) is 0 Å². The Labute approximate surface area is 167 Å². The molecule has 0 aliphatic heterocycles. The lowest BCUT2D eigenvalue weighted by molar-refractivity contribution is 0.0980. The van der Waals surface area contributed by atoms with Crippen LogP contribution in [0.1, 0.15) is 72.4 Å². The van der Waals surface area contributed by atoms with E-state index in [9.17, 15) is 9.59 Å². The van der Waals surface area contributed by atoms with Gasteiger partial charge in [0, 0.05) is 35.6 Å². The predicted octanol–water partition coefficient (Wildman–Crippen LogP) is 5.38. The molecular formula is C24H30N2O2. The minimum absolute atomic E-state index is 0.0796. The molecule has 2 atom stereocenters. The highest BCUT2D eigenvalue weighted by Crippen LogP contribution is 2.36. The Hall–Kier alpha value is -2.62. The molecule has 0 amide bonds. The van der Waals surface area contributed by atoms with Gasteiger partial charge in [-0.1, -0.05) is 64.8 Å². The van der Waals surface area contributed by atoms with Crippen LogP contribution in [0, 0.1) is 11.8 Å². The highest BCUT2D eigenvalue weighted by atomic mass is 16.1. The predicted molar refractivity (Wildman–Crippen MR) is 116 cm³/mol. The number of nitrogens with one attached hydrogen (secondary N) is 2. The van der Waals surface area contributed by atoms with E-state index >= 15 is 0 Å². The number of ketones is 2. The van der Waals surface area contributed by atoms with Gasteiger partial charge in [-0.2, -0.15) is 0 Å². The van der Waals surface area contributed by atoms with E-state index in [1.807, 2.05) is 24.3 Å². The quantitative estimate of drug-likeness (QED) is 0.553. The van der Waals surface area contributed by atoms with Gasteiger partial charge in [0.15, 0.2) is 11.6 Å². The van der Waals surface area contributed by atoms with Crippen molar-refractivity contribution < 1.29 is 9.59 Å². The summed E-state index contributed by atoms with van der Waals surface area (Å²) in [5.41, 5.74) is 3.48. The molecule has 0 aromatic heterocycles. The van der Waals surface area contributed by atoms with Gasteiger partial charge in [-0.25, -0.2) is 0 Å². The minimum Gasteiger partial charge on any atom is -0.384 e. The summed E-state index contributed by atoms with van der Waals surface area (Å²) in [5, 5.41) is 6.82. The van der Waals surface area contributed by atoms with E-state index < -0.39 is 0 Å². The zero-order chi connectivity index (χ0) is 20.3. The first kappa shape index (κ1) is 20.1. The van der Waals surface area contributed by atoms with E-state index in [1.54, 1.807) is 12.1 Å². The van der Waals surface area contributed by atoms with Crippen LogP contribution in [0.4, 0.5) is 11.4 Å². The van der Waals surface area contributed by atoms with Gasteiger partial charge in [0.05, 0.1) is 11.1 Å². The number of rotatable bonds is 8. The normalized spacial score (nSPS) is 14.9. The Bertz CT molecular complexity index is 816. The number of anilines is 2. The van der Waals surface area contributed by atoms with E-state index in [0.717, 1.165) is 37.3 Å². The first-order valence-electron chi connectivity index (χ1n) is 10.3. The molecule has 0 fully saturated rings. The summed E-state index contributed by atoms with van der Waals surface area (Å²) >= 11 is 0. The molecule has 0 radical (unpaired) electrons. The fraction of sp³-hybridized carbons (Fsp3) is 0.417. The molecule has 0 saturated carbocycles. The van der Waals surface area contributed by atoms with Crippen molar-refractivity contribution in [3.8, 4) is 0 Å². The van der Waals surface area contributed by atoms with Gasteiger partial charge in [-0.05, 0) is 24.0 Å². The van der Waals surface area contributed by atoms with Crippen LogP contribution in [0.25, 0.3) is 0 Å². The molecule has 4 nitrogen and oxygen atoms in total. The maximum absolute atomic E-state index is 13.3. The van der Waals surface area contributed by atoms with Crippen LogP contribution in [-0.2, 0) is 0 Å². The smallest absolute Gasteiger partial charge is 0.196 e. The molecule has 1 aliphatic carbocycles. The maximum Gasteiger partial charge on any atom is 0.196 e. The Kier molecular flexibility index (Phi) is 6.18. The molecule has 2 aromatic rings. The van der Waals surface area contributed by atoms with Crippen LogP contribution in [0.3, 0.4) is 0 Å². The van der Waals surface area contributed by atoms with Gasteiger partial charge in [0.25, 0.3) is 0 Å². The molecule has 2 N–H and O–H groups in total. The number of carbonyl (C=O) groups is 2. The van der Waals surface area contributed by atoms with Crippen LogP contribution in [0.2, 0.25) is 0 Å². The molecule has 148 valence electrons. The van der Waals surface area contributed by atoms with Gasteiger partial charge in [0.1, 0.15) is 0 Å². The zero-order valence-corrected chi connectivity index (χ0v) is 17.3. The van der Waals surface area contributed by atoms with Gasteiger partial charge in [0.2, 0.25) is 0 Å². The van der Waals surface area contributed by atoms with Crippen molar-refractivity contribution in [1.29, 1.82) is 0 Å². The average Bonchev–Trinajstić information content (AvgIpc) is 2.73. The zero-order valence-electron chi connectivity index (χ0n) is 17.3. The Morgan fingerprint density at radius 1 is 0.714 bits per heavy atom. The fourth-order valence-corrected chi connectivity index (χ4v) is 3.37. The van der Waals surface area contributed by atoms with Gasteiger partial charge < -0.3 is 10.6 Å². The standard InChI is InChI=1S/C24H30N2O2/c1-5-15(3)13-25-19-11-12-20(26-14-16(4)6-2)22-21(19)23(27)17-9-7-8-10-18(17)24(22)28/h7-12,15-16,25-26H,5-6,13-14H2,1-4H3. The Balaban J connectivity index is 2.07. The number of benzene rings is 2. The molecule has 1 aliphatic rings. The lowest BCUT2D eigenvalue weighted by atomic mass is 9.82. The summed E-state index contributed by atoms with van der Waals surface area (Å²) in [6.07, 6.45) is 2.11. The number of carbonyl (C=O) groups excluding carboxylic acids is 2. The van der Waals surface area contributed by atoms with E-state index in [4.69, 9.17) is 0 Å². The van der Waals surface area contributed by atoms with Crippen molar-refractivity contribution in [2.75, 3.05) is 23.7 Å². The Morgan fingerprint density at radius 2 is 1.11 bits per heavy atom. The molecule has 28 heavy (non-hydrogen) atoms. The molecule has 4 heteroatoms. The molecule has 2 unspecified atom stereocenters. The number of hydrogen-bond acceptors (Lipinski definition) is 4. The van der Waals surface area contributed by atoms with E-state index in [0.29, 0.717) is 34.1 Å². The number of fused-ring (bicyclic) bond motifs is 2. The molecule has 3 rings (SSSR count). The Morgan fingerprint density at radius 3 is 1.46 bits per heavy atom. The number of hydrogen-bond donors (Lipinski definition) is 2. The topological polar surface area (TPSA) is 58.2 Å². The van der Waals surface area contributed by atoms with E-state index in [-0.39, 0.29) is 11.6 Å². The van der Waals surface area contributed by atoms with Crippen molar-refractivity contribution in [3.05, 3.63) is 58.7 Å². The summed E-state index contributed by atoms with van der Waals surface area (Å²) in [6.45, 7) is 10.2. The third-order valence-corrected chi connectivity index (χ3v) is 5.75. The third-order valence-electron chi connectivity index (χ3n) is 5.75. The summed E-state index contributed by atoms with van der Waals surface area (Å²) < 4.78 is 0. The third kappa shape index (κ3) is 3.82. The monoisotopic (exact) mass is 378 g/mol. The summed E-state index contributed by atoms with van der Waals surface area (Å²) in [5.74, 6) is 0.814. The van der Waals surface area contributed by atoms with Crippen LogP contribution >= 0.6 is 0 Å². The van der Waals surface area contributed by atoms with Crippen molar-refractivity contribution >= 4 is 22.9 Å². The molecule has 0 spiro atoms.